The van der Waals surface area contributed by atoms with Crippen LogP contribution >= 0.6 is 24.0 Å². The molecule has 2 aliphatic heterocycles. The zero-order valence-electron chi connectivity index (χ0n) is 21.8. The molecule has 0 bridgehead atoms. The topological polar surface area (TPSA) is 72.8 Å². The Kier molecular flexibility index (Phi) is 10.7. The molecular weight excluding hydrogens is 488 g/mol. The van der Waals surface area contributed by atoms with E-state index in [1.54, 1.807) is 11.8 Å². The van der Waals surface area contributed by atoms with E-state index in [1.807, 2.05) is 31.2 Å². The zero-order valence-corrected chi connectivity index (χ0v) is 23.4. The average molecular weight is 529 g/mol. The highest BCUT2D eigenvalue weighted by atomic mass is 32.2. The molecule has 2 aliphatic rings. The van der Waals surface area contributed by atoms with Gasteiger partial charge in [0.1, 0.15) is 0 Å². The number of thioether (sulfide) groups is 1. The molecular formula is C29H40N2O3S2. The van der Waals surface area contributed by atoms with Gasteiger partial charge in [-0.2, -0.15) is 0 Å². The van der Waals surface area contributed by atoms with Crippen LogP contribution in [0.5, 0.6) is 0 Å². The number of carbonyl (C=O) groups excluding carboxylic acids is 1. The molecule has 0 radical (unpaired) electrons. The quantitative estimate of drug-likeness (QED) is 0.248. The second-order valence-electron chi connectivity index (χ2n) is 10.1. The minimum absolute atomic E-state index is 0.0323. The number of benzene rings is 2. The lowest BCUT2D eigenvalue weighted by Gasteiger charge is -2.33. The number of nitrogens with one attached hydrogen (secondary N) is 1. The van der Waals surface area contributed by atoms with Gasteiger partial charge in [0.15, 0.2) is 5.78 Å². The summed E-state index contributed by atoms with van der Waals surface area (Å²) in [6, 6.07) is 16.1. The van der Waals surface area contributed by atoms with Gasteiger partial charge in [0.2, 0.25) is 0 Å². The van der Waals surface area contributed by atoms with E-state index in [1.165, 1.54) is 17.5 Å². The second-order valence-corrected chi connectivity index (χ2v) is 11.6. The summed E-state index contributed by atoms with van der Waals surface area (Å²) in [5.74, 6) is 0.794. The van der Waals surface area contributed by atoms with Crippen molar-refractivity contribution in [2.75, 3.05) is 38.6 Å². The van der Waals surface area contributed by atoms with Crippen LogP contribution in [0.15, 0.2) is 53.4 Å². The number of aryl methyl sites for hydroxylation is 1. The molecule has 2 fully saturated rings. The van der Waals surface area contributed by atoms with Crippen molar-refractivity contribution in [3.63, 3.8) is 0 Å². The van der Waals surface area contributed by atoms with Gasteiger partial charge in [-0.1, -0.05) is 54.2 Å². The molecule has 0 aromatic heterocycles. The number of hydrogen-bond acceptors (Lipinski definition) is 7. The van der Waals surface area contributed by atoms with Gasteiger partial charge in [0.25, 0.3) is 0 Å². The molecule has 7 heteroatoms. The molecule has 4 rings (SSSR count). The van der Waals surface area contributed by atoms with E-state index in [-0.39, 0.29) is 24.5 Å². The number of nitrogens with zero attached hydrogens (tertiary/aromatic N) is 1. The lowest BCUT2D eigenvalue weighted by Crippen LogP contribution is -2.49. The molecule has 3 N–H and O–H groups in total. The Morgan fingerprint density at radius 3 is 2.25 bits per heavy atom. The fourth-order valence-electron chi connectivity index (χ4n) is 5.04. The Morgan fingerprint density at radius 2 is 1.67 bits per heavy atom. The molecule has 0 amide bonds. The predicted octanol–water partition coefficient (Wildman–Crippen LogP) is 4.66. The van der Waals surface area contributed by atoms with Crippen molar-refractivity contribution in [3.05, 3.63) is 65.2 Å². The number of rotatable bonds is 9. The minimum Gasteiger partial charge on any atom is -0.396 e. The summed E-state index contributed by atoms with van der Waals surface area (Å²) in [4.78, 5) is 17.0. The van der Waals surface area contributed by atoms with Crippen molar-refractivity contribution in [3.8, 4) is 0 Å². The first kappa shape index (κ1) is 29.0. The Labute approximate surface area is 225 Å². The van der Waals surface area contributed by atoms with Gasteiger partial charge in [0.05, 0.1) is 24.3 Å². The summed E-state index contributed by atoms with van der Waals surface area (Å²) < 4.78 is 0. The van der Waals surface area contributed by atoms with E-state index >= 15 is 0 Å². The molecule has 36 heavy (non-hydrogen) atoms. The number of likely N-dealkylation sites (tertiary alicyclic amines) is 1. The second kappa shape index (κ2) is 13.3. The summed E-state index contributed by atoms with van der Waals surface area (Å²) >= 11 is 7.15. The molecule has 2 saturated heterocycles. The molecule has 0 aliphatic carbocycles. The van der Waals surface area contributed by atoms with Gasteiger partial charge >= 0.3 is 0 Å². The first-order valence-electron chi connectivity index (χ1n) is 12.8. The highest BCUT2D eigenvalue weighted by Gasteiger charge is 2.42. The molecule has 2 heterocycles. The normalized spacial score (nSPS) is 23.8. The lowest BCUT2D eigenvalue weighted by atomic mass is 9.88. The van der Waals surface area contributed by atoms with E-state index in [9.17, 15) is 4.79 Å². The third-order valence-corrected chi connectivity index (χ3v) is 8.99. The summed E-state index contributed by atoms with van der Waals surface area (Å²) in [5, 5.41) is 21.5. The predicted molar refractivity (Wildman–Crippen MR) is 153 cm³/mol. The van der Waals surface area contributed by atoms with Crippen molar-refractivity contribution in [2.24, 2.45) is 0 Å². The van der Waals surface area contributed by atoms with Crippen molar-refractivity contribution in [2.45, 2.75) is 62.4 Å². The highest BCUT2D eigenvalue weighted by molar-refractivity contribution is 7.99. The Hall–Kier alpha value is -1.61. The Bertz CT molecular complexity index is 1000. The number of thiocarbonyl (C=S) groups is 1. The number of hydrogen-bond donors (Lipinski definition) is 3. The van der Waals surface area contributed by atoms with Crippen LogP contribution < -0.4 is 5.32 Å². The van der Waals surface area contributed by atoms with E-state index in [2.05, 4.69) is 48.3 Å². The number of aliphatic hydroxyl groups excluding tert-OH is 2. The first-order valence-corrected chi connectivity index (χ1v) is 14.2. The van der Waals surface area contributed by atoms with Crippen molar-refractivity contribution < 1.29 is 15.0 Å². The number of carbonyl (C=O) groups is 1. The average Bonchev–Trinajstić information content (AvgIpc) is 3.50. The van der Waals surface area contributed by atoms with Crippen LogP contribution in [-0.2, 0) is 0 Å². The van der Waals surface area contributed by atoms with E-state index < -0.39 is 5.54 Å². The number of β-amino-alcohol motifs (C(OH)–C–C–N with tert-alkyl or cyclic N) is 1. The maximum absolute atomic E-state index is 12.8. The molecule has 2 atom stereocenters. The van der Waals surface area contributed by atoms with Crippen LogP contribution in [0.3, 0.4) is 0 Å². The smallest absolute Gasteiger partial charge is 0.182 e. The van der Waals surface area contributed by atoms with Crippen molar-refractivity contribution >= 4 is 34.6 Å². The molecule has 2 aromatic carbocycles. The SMILES string of the molecule is CC1(C(=O)c2ccc(SCCO)cc2)CCCN1CCO.Cc1ccc(C(=S)C2(C)CCCN2)cc1. The van der Waals surface area contributed by atoms with Crippen LogP contribution in [0.2, 0.25) is 0 Å². The standard InChI is InChI=1S/C16H23NO3S.C13H17NS/c1-16(7-2-8-17(16)9-10-18)15(20)13-3-5-14(6-4-13)21-12-11-19;1-10-4-6-11(7-5-10)12(15)13(2)8-3-9-14-13/h3-6,18-19H,2,7-12H2,1H3;4-7,14H,3,8-9H2,1-2H3. The third-order valence-electron chi connectivity index (χ3n) is 7.31. The van der Waals surface area contributed by atoms with Gasteiger partial charge in [-0.15, -0.1) is 11.8 Å². The van der Waals surface area contributed by atoms with Crippen molar-refractivity contribution in [1.29, 1.82) is 0 Å². The van der Waals surface area contributed by atoms with E-state index in [0.29, 0.717) is 12.3 Å². The van der Waals surface area contributed by atoms with Crippen molar-refractivity contribution in [1.82, 2.24) is 10.2 Å². The lowest BCUT2D eigenvalue weighted by molar-refractivity contribution is 0.0666. The highest BCUT2D eigenvalue weighted by Crippen LogP contribution is 2.32. The Balaban J connectivity index is 0.000000212. The van der Waals surface area contributed by atoms with Crippen LogP contribution in [0.25, 0.3) is 0 Å². The summed E-state index contributed by atoms with van der Waals surface area (Å²) in [5.41, 5.74) is 2.72. The molecule has 2 unspecified atom stereocenters. The molecule has 0 saturated carbocycles. The first-order chi connectivity index (χ1) is 17.2. The largest absolute Gasteiger partial charge is 0.396 e. The van der Waals surface area contributed by atoms with Crippen LogP contribution in [0.1, 0.15) is 61.0 Å². The third kappa shape index (κ3) is 7.03. The maximum Gasteiger partial charge on any atom is 0.182 e. The van der Waals surface area contributed by atoms with E-state index in [4.69, 9.17) is 22.4 Å². The van der Waals surface area contributed by atoms with Gasteiger partial charge < -0.3 is 15.5 Å². The van der Waals surface area contributed by atoms with Gasteiger partial charge in [-0.25, -0.2) is 0 Å². The van der Waals surface area contributed by atoms with Crippen LogP contribution in [0.4, 0.5) is 0 Å². The maximum atomic E-state index is 12.8. The number of Topliss-reactive ketones (excluding diaryl/α,β-unsaturated/α-hetero) is 1. The summed E-state index contributed by atoms with van der Waals surface area (Å²) in [7, 11) is 0. The molecule has 2 aromatic rings. The van der Waals surface area contributed by atoms with Gasteiger partial charge in [0, 0.05) is 27.6 Å². The molecule has 196 valence electrons. The molecule has 0 spiro atoms. The molecule has 5 nitrogen and oxygen atoms in total. The van der Waals surface area contributed by atoms with Gasteiger partial charge in [-0.3, -0.25) is 9.69 Å². The van der Waals surface area contributed by atoms with Gasteiger partial charge in [-0.05, 0) is 77.2 Å². The monoisotopic (exact) mass is 528 g/mol. The summed E-state index contributed by atoms with van der Waals surface area (Å²) in [6.45, 7) is 9.03. The van der Waals surface area contributed by atoms with E-state index in [0.717, 1.165) is 47.7 Å². The Morgan fingerprint density at radius 1 is 1.00 bits per heavy atom. The summed E-state index contributed by atoms with van der Waals surface area (Å²) in [6.07, 6.45) is 4.21. The minimum atomic E-state index is -0.498. The van der Waals surface area contributed by atoms with Crippen LogP contribution in [-0.4, -0.2) is 75.4 Å². The van der Waals surface area contributed by atoms with Crippen LogP contribution in [0, 0.1) is 6.92 Å². The fraction of sp³-hybridized carbons (Fsp3) is 0.517. The number of aliphatic hydroxyl groups is 2. The number of ketones is 1. The fourth-order valence-corrected chi connectivity index (χ4v) is 6.01. The zero-order chi connectivity index (χ0) is 26.2.